The van der Waals surface area contributed by atoms with Gasteiger partial charge in [-0.1, -0.05) is 43.2 Å². The van der Waals surface area contributed by atoms with E-state index in [1.54, 1.807) is 6.26 Å². The number of furan rings is 1. The normalized spacial score (nSPS) is 17.8. The first-order valence-corrected chi connectivity index (χ1v) is 8.34. The molecular weight excluding hydrogens is 288 g/mol. The summed E-state index contributed by atoms with van der Waals surface area (Å²) in [7, 11) is 0. The fourth-order valence-corrected chi connectivity index (χ4v) is 3.39. The maximum Gasteiger partial charge on any atom is 0.240 e. The maximum atomic E-state index is 12.3. The molecule has 0 radical (unpaired) electrons. The molecule has 4 heteroatoms. The first-order valence-electron chi connectivity index (χ1n) is 8.34. The minimum atomic E-state index is -0.660. The van der Waals surface area contributed by atoms with Crippen LogP contribution in [0.4, 0.5) is 0 Å². The second-order valence-electron chi connectivity index (χ2n) is 6.39. The predicted octanol–water partition coefficient (Wildman–Crippen LogP) is 3.19. The van der Waals surface area contributed by atoms with Gasteiger partial charge in [-0.2, -0.15) is 0 Å². The second-order valence-corrected chi connectivity index (χ2v) is 6.39. The van der Waals surface area contributed by atoms with Gasteiger partial charge in [-0.25, -0.2) is 0 Å². The van der Waals surface area contributed by atoms with E-state index in [2.05, 4.69) is 17.4 Å². The van der Waals surface area contributed by atoms with Crippen molar-refractivity contribution in [3.05, 3.63) is 60.1 Å². The molecule has 1 atom stereocenters. The number of carbonyl (C=O) groups excluding carboxylic acids is 1. The molecule has 0 bridgehead atoms. The van der Waals surface area contributed by atoms with E-state index < -0.39 is 5.54 Å². The predicted molar refractivity (Wildman–Crippen MR) is 90.0 cm³/mol. The number of hydrogen-bond acceptors (Lipinski definition) is 3. The number of nitrogens with one attached hydrogen (secondary N) is 1. The molecule has 1 saturated carbocycles. The summed E-state index contributed by atoms with van der Waals surface area (Å²) < 4.78 is 5.59. The van der Waals surface area contributed by atoms with Crippen LogP contribution in [0.2, 0.25) is 0 Å². The Morgan fingerprint density at radius 3 is 2.57 bits per heavy atom. The van der Waals surface area contributed by atoms with Crippen molar-refractivity contribution in [2.45, 2.75) is 43.6 Å². The van der Waals surface area contributed by atoms with Gasteiger partial charge < -0.3 is 15.5 Å². The summed E-state index contributed by atoms with van der Waals surface area (Å²) >= 11 is 0. The minimum absolute atomic E-state index is 0.0127. The minimum Gasteiger partial charge on any atom is -0.469 e. The molecular formula is C19H24N2O2. The Morgan fingerprint density at radius 1 is 1.17 bits per heavy atom. The van der Waals surface area contributed by atoms with Gasteiger partial charge in [0.25, 0.3) is 0 Å². The van der Waals surface area contributed by atoms with Crippen molar-refractivity contribution in [3.8, 4) is 0 Å². The first kappa shape index (κ1) is 15.8. The third-order valence-electron chi connectivity index (χ3n) is 4.76. The average Bonchev–Trinajstić information content (AvgIpc) is 3.24. The zero-order valence-electron chi connectivity index (χ0n) is 13.3. The lowest BCUT2D eigenvalue weighted by atomic mass is 9.93. The van der Waals surface area contributed by atoms with Crippen molar-refractivity contribution < 1.29 is 9.21 Å². The number of hydrogen-bond donors (Lipinski definition) is 2. The molecule has 0 aliphatic heterocycles. The Labute approximate surface area is 137 Å². The van der Waals surface area contributed by atoms with Gasteiger partial charge in [0.1, 0.15) is 5.76 Å². The lowest BCUT2D eigenvalue weighted by Crippen LogP contribution is -2.52. The van der Waals surface area contributed by atoms with Crippen LogP contribution in [0.3, 0.4) is 0 Å². The Kier molecular flexibility index (Phi) is 4.82. The van der Waals surface area contributed by atoms with E-state index in [-0.39, 0.29) is 11.8 Å². The quantitative estimate of drug-likeness (QED) is 0.860. The highest BCUT2D eigenvalue weighted by Gasteiger charge is 2.36. The molecule has 0 spiro atoms. The fraction of sp³-hybridized carbons (Fsp3) is 0.421. The fourth-order valence-electron chi connectivity index (χ4n) is 3.39. The van der Waals surface area contributed by atoms with Gasteiger partial charge in [-0.15, -0.1) is 0 Å². The van der Waals surface area contributed by atoms with Crippen molar-refractivity contribution in [2.24, 2.45) is 5.73 Å². The molecule has 3 rings (SSSR count). The zero-order chi connectivity index (χ0) is 16.1. The molecule has 0 saturated heterocycles. The van der Waals surface area contributed by atoms with Crippen LogP contribution in [0.1, 0.15) is 49.3 Å². The SMILES string of the molecule is NC1(C(=O)NCC[C@@H](c2ccccc2)c2ccco2)CCCC1. The number of rotatable bonds is 6. The third kappa shape index (κ3) is 3.64. The molecule has 4 nitrogen and oxygen atoms in total. The Bertz CT molecular complexity index is 616. The topological polar surface area (TPSA) is 68.3 Å². The molecule has 3 N–H and O–H groups in total. The molecule has 1 aliphatic carbocycles. The maximum absolute atomic E-state index is 12.3. The van der Waals surface area contributed by atoms with Gasteiger partial charge >= 0.3 is 0 Å². The van der Waals surface area contributed by atoms with E-state index >= 15 is 0 Å². The zero-order valence-corrected chi connectivity index (χ0v) is 13.3. The van der Waals surface area contributed by atoms with Crippen LogP contribution in [0.25, 0.3) is 0 Å². The van der Waals surface area contributed by atoms with Gasteiger partial charge in [0.2, 0.25) is 5.91 Å². The van der Waals surface area contributed by atoms with Crippen molar-refractivity contribution in [2.75, 3.05) is 6.54 Å². The number of benzene rings is 1. The number of nitrogens with two attached hydrogens (primary N) is 1. The van der Waals surface area contributed by atoms with Crippen LogP contribution < -0.4 is 11.1 Å². The molecule has 1 amide bonds. The smallest absolute Gasteiger partial charge is 0.240 e. The Balaban J connectivity index is 1.62. The second kappa shape index (κ2) is 7.01. The molecule has 0 unspecified atom stereocenters. The van der Waals surface area contributed by atoms with Crippen molar-refractivity contribution >= 4 is 5.91 Å². The van der Waals surface area contributed by atoms with E-state index in [1.165, 1.54) is 5.56 Å². The lowest BCUT2D eigenvalue weighted by Gasteiger charge is -2.23. The van der Waals surface area contributed by atoms with Gasteiger partial charge in [0.15, 0.2) is 0 Å². The summed E-state index contributed by atoms with van der Waals surface area (Å²) in [4.78, 5) is 12.3. The number of amides is 1. The monoisotopic (exact) mass is 312 g/mol. The third-order valence-corrected chi connectivity index (χ3v) is 4.76. The molecule has 1 fully saturated rings. The van der Waals surface area contributed by atoms with E-state index in [9.17, 15) is 4.79 Å². The van der Waals surface area contributed by atoms with Gasteiger partial charge in [-0.05, 0) is 37.0 Å². The molecule has 1 aliphatic rings. The molecule has 23 heavy (non-hydrogen) atoms. The van der Waals surface area contributed by atoms with Crippen LogP contribution in [-0.2, 0) is 4.79 Å². The highest BCUT2D eigenvalue weighted by Crippen LogP contribution is 2.29. The Morgan fingerprint density at radius 2 is 1.91 bits per heavy atom. The van der Waals surface area contributed by atoms with Crippen molar-refractivity contribution in [1.82, 2.24) is 5.32 Å². The van der Waals surface area contributed by atoms with E-state index in [0.717, 1.165) is 37.9 Å². The van der Waals surface area contributed by atoms with E-state index in [0.29, 0.717) is 6.54 Å². The van der Waals surface area contributed by atoms with Crippen molar-refractivity contribution in [1.29, 1.82) is 0 Å². The van der Waals surface area contributed by atoms with Crippen LogP contribution in [-0.4, -0.2) is 18.0 Å². The van der Waals surface area contributed by atoms with Crippen LogP contribution in [0.5, 0.6) is 0 Å². The molecule has 1 aromatic carbocycles. The summed E-state index contributed by atoms with van der Waals surface area (Å²) in [6, 6.07) is 14.1. The summed E-state index contributed by atoms with van der Waals surface area (Å²) in [5.74, 6) is 1.05. The van der Waals surface area contributed by atoms with E-state index in [4.69, 9.17) is 10.2 Å². The summed E-state index contributed by atoms with van der Waals surface area (Å²) in [5, 5.41) is 3.02. The highest BCUT2D eigenvalue weighted by atomic mass is 16.3. The number of carbonyl (C=O) groups is 1. The van der Waals surface area contributed by atoms with Gasteiger partial charge in [0, 0.05) is 12.5 Å². The molecule has 1 heterocycles. The highest BCUT2D eigenvalue weighted by molar-refractivity contribution is 5.86. The lowest BCUT2D eigenvalue weighted by molar-refractivity contribution is -0.126. The first-order chi connectivity index (χ1) is 11.2. The summed E-state index contributed by atoms with van der Waals surface area (Å²) in [6.45, 7) is 0.595. The van der Waals surface area contributed by atoms with E-state index in [1.807, 2.05) is 30.3 Å². The van der Waals surface area contributed by atoms with Crippen molar-refractivity contribution in [3.63, 3.8) is 0 Å². The van der Waals surface area contributed by atoms with Crippen LogP contribution in [0.15, 0.2) is 53.1 Å². The van der Waals surface area contributed by atoms with Gasteiger partial charge in [-0.3, -0.25) is 4.79 Å². The molecule has 1 aromatic heterocycles. The Hall–Kier alpha value is -2.07. The average molecular weight is 312 g/mol. The van der Waals surface area contributed by atoms with Gasteiger partial charge in [0.05, 0.1) is 11.8 Å². The summed E-state index contributed by atoms with van der Waals surface area (Å²) in [6.07, 6.45) is 6.15. The summed E-state index contributed by atoms with van der Waals surface area (Å²) in [5.41, 5.74) is 6.73. The van der Waals surface area contributed by atoms with Crippen LogP contribution in [0, 0.1) is 0 Å². The molecule has 122 valence electrons. The largest absolute Gasteiger partial charge is 0.469 e. The van der Waals surface area contributed by atoms with Crippen LogP contribution >= 0.6 is 0 Å². The standard InChI is InChI=1S/C19H24N2O2/c20-19(11-4-5-12-19)18(22)21-13-10-16(17-9-6-14-23-17)15-7-2-1-3-8-15/h1-3,6-9,14,16H,4-5,10-13,20H2,(H,21,22)/t16-/m0/s1. The molecule has 2 aromatic rings.